The van der Waals surface area contributed by atoms with Gasteiger partial charge in [0.1, 0.15) is 0 Å². The molecule has 0 aromatic heterocycles. The van der Waals surface area contributed by atoms with Gasteiger partial charge in [-0.3, -0.25) is 4.79 Å². The van der Waals surface area contributed by atoms with Crippen LogP contribution in [-0.4, -0.2) is 75.4 Å². The molecular weight excluding hydrogens is 716 g/mol. The van der Waals surface area contributed by atoms with Crippen molar-refractivity contribution in [1.82, 2.24) is 10.2 Å². The average molecular weight is 784 g/mol. The number of carbonyl (C=O) groups excluding carboxylic acids is 2. The molecule has 10 atom stereocenters. The molecule has 0 bridgehead atoms. The van der Waals surface area contributed by atoms with Crippen molar-refractivity contribution in [2.45, 2.75) is 112 Å². The van der Waals surface area contributed by atoms with E-state index >= 15 is 0 Å². The number of ether oxygens (including phenoxy) is 1. The van der Waals surface area contributed by atoms with Crippen molar-refractivity contribution in [3.63, 3.8) is 0 Å². The molecule has 5 aliphatic carbocycles. The zero-order valence-corrected chi connectivity index (χ0v) is 35.9. The first-order valence-electron chi connectivity index (χ1n) is 21.1. The normalized spacial score (nSPS) is 41.1. The van der Waals surface area contributed by atoms with Crippen LogP contribution in [0.1, 0.15) is 122 Å². The smallest absolute Gasteiger partial charge is 0.337 e. The second-order valence-electron chi connectivity index (χ2n) is 20.0. The number of alkyl halides is 1. The maximum Gasteiger partial charge on any atom is 0.337 e. The standard InChI is InChI=1S/C45H67ClN2O5S/c1-29(2)32-16-19-45(40(50)47-22-9-23-48-24-26-54(51,52)27-25-48)21-20-42(5)33(38(32)45)14-15-36-43(42,6)18-17-35-41(3,4)34(28-37(46)44(35,36)7)30-10-12-31(13-11-30)39(49)53-8/h10-13,28-29,32-33,35-38H,9,14-27H2,1-8H3,(H,47,50)/t32-,33+,35-,36-,37?,38+,42+,43+,44-,45-/m0/s1. The minimum atomic E-state index is -2.89. The molecule has 5 fully saturated rings. The molecule has 7 rings (SSSR count). The van der Waals surface area contributed by atoms with Crippen LogP contribution in [0.4, 0.5) is 0 Å². The fourth-order valence-corrected chi connectivity index (χ4v) is 16.1. The molecule has 1 unspecified atom stereocenters. The van der Waals surface area contributed by atoms with Crippen molar-refractivity contribution in [3.05, 3.63) is 41.5 Å². The average Bonchev–Trinajstić information content (AvgIpc) is 3.54. The van der Waals surface area contributed by atoms with Crippen LogP contribution < -0.4 is 5.32 Å². The zero-order chi connectivity index (χ0) is 39.1. The van der Waals surface area contributed by atoms with E-state index in [4.69, 9.17) is 16.3 Å². The number of hydrogen-bond acceptors (Lipinski definition) is 6. The first-order valence-corrected chi connectivity index (χ1v) is 23.4. The summed E-state index contributed by atoms with van der Waals surface area (Å²) in [5.41, 5.74) is 2.76. The quantitative estimate of drug-likeness (QED) is 0.161. The van der Waals surface area contributed by atoms with Crippen molar-refractivity contribution in [2.24, 2.45) is 62.6 Å². The van der Waals surface area contributed by atoms with Crippen LogP contribution in [0.5, 0.6) is 0 Å². The number of esters is 1. The van der Waals surface area contributed by atoms with Crippen molar-refractivity contribution in [1.29, 1.82) is 0 Å². The number of allylic oxidation sites excluding steroid dienone is 2. The third kappa shape index (κ3) is 6.15. The van der Waals surface area contributed by atoms with Crippen LogP contribution in [0.2, 0.25) is 0 Å². The first kappa shape index (κ1) is 40.3. The maximum atomic E-state index is 14.6. The van der Waals surface area contributed by atoms with Gasteiger partial charge in [0.25, 0.3) is 0 Å². The van der Waals surface area contributed by atoms with Crippen LogP contribution in [0.25, 0.3) is 5.57 Å². The predicted molar refractivity (Wildman–Crippen MR) is 218 cm³/mol. The zero-order valence-electron chi connectivity index (χ0n) is 34.3. The van der Waals surface area contributed by atoms with E-state index in [9.17, 15) is 18.0 Å². The highest BCUT2D eigenvalue weighted by Crippen LogP contribution is 2.78. The molecule has 54 heavy (non-hydrogen) atoms. The van der Waals surface area contributed by atoms with Gasteiger partial charge < -0.3 is 15.0 Å². The Morgan fingerprint density at radius 1 is 0.907 bits per heavy atom. The molecule has 1 amide bonds. The minimum absolute atomic E-state index is 0.0704. The van der Waals surface area contributed by atoms with Crippen molar-refractivity contribution >= 4 is 38.9 Å². The van der Waals surface area contributed by atoms with Gasteiger partial charge in [0, 0.05) is 19.6 Å². The van der Waals surface area contributed by atoms with Gasteiger partial charge in [0.2, 0.25) is 5.91 Å². The van der Waals surface area contributed by atoms with Crippen LogP contribution in [0, 0.1) is 62.6 Å². The monoisotopic (exact) mass is 782 g/mol. The lowest BCUT2D eigenvalue weighted by molar-refractivity contribution is -0.226. The second-order valence-corrected chi connectivity index (χ2v) is 22.8. The third-order valence-electron chi connectivity index (χ3n) is 17.4. The summed E-state index contributed by atoms with van der Waals surface area (Å²) in [5, 5.41) is 3.36. The Kier molecular flexibility index (Phi) is 10.6. The minimum Gasteiger partial charge on any atom is -0.465 e. The van der Waals surface area contributed by atoms with Crippen LogP contribution in [0.3, 0.4) is 0 Å². The number of fused-ring (bicyclic) bond motifs is 7. The molecule has 4 saturated carbocycles. The van der Waals surface area contributed by atoms with E-state index in [2.05, 4.69) is 76.9 Å². The van der Waals surface area contributed by atoms with Gasteiger partial charge in [-0.2, -0.15) is 0 Å². The number of carbonyl (C=O) groups is 2. The Bertz CT molecular complexity index is 1740. The van der Waals surface area contributed by atoms with E-state index in [1.54, 1.807) is 0 Å². The lowest BCUT2D eigenvalue weighted by Gasteiger charge is -2.73. The lowest BCUT2D eigenvalue weighted by Crippen LogP contribution is -2.68. The number of sulfone groups is 1. The summed E-state index contributed by atoms with van der Waals surface area (Å²) in [6, 6.07) is 7.87. The summed E-state index contributed by atoms with van der Waals surface area (Å²) in [5.74, 6) is 3.35. The number of rotatable bonds is 8. The van der Waals surface area contributed by atoms with E-state index in [0.717, 1.165) is 63.5 Å². The van der Waals surface area contributed by atoms with E-state index < -0.39 is 9.84 Å². The third-order valence-corrected chi connectivity index (χ3v) is 19.6. The number of benzene rings is 1. The van der Waals surface area contributed by atoms with E-state index in [0.29, 0.717) is 60.7 Å². The summed E-state index contributed by atoms with van der Waals surface area (Å²) < 4.78 is 28.8. The summed E-state index contributed by atoms with van der Waals surface area (Å²) in [6.07, 6.45) is 12.0. The first-order chi connectivity index (χ1) is 25.4. The molecule has 1 heterocycles. The highest BCUT2D eigenvalue weighted by molar-refractivity contribution is 7.91. The van der Waals surface area contributed by atoms with Crippen molar-refractivity contribution in [3.8, 4) is 0 Å². The molecule has 1 aromatic carbocycles. The summed E-state index contributed by atoms with van der Waals surface area (Å²) >= 11 is 7.72. The predicted octanol–water partition coefficient (Wildman–Crippen LogP) is 8.66. The Morgan fingerprint density at radius 2 is 1.59 bits per heavy atom. The van der Waals surface area contributed by atoms with Crippen LogP contribution >= 0.6 is 11.6 Å². The van der Waals surface area contributed by atoms with Gasteiger partial charge in [-0.05, 0) is 145 Å². The van der Waals surface area contributed by atoms with Crippen molar-refractivity contribution in [2.75, 3.05) is 44.8 Å². The molecular formula is C45H67ClN2O5S. The van der Waals surface area contributed by atoms with E-state index in [-0.39, 0.29) is 55.8 Å². The highest BCUT2D eigenvalue weighted by Gasteiger charge is 2.72. The maximum absolute atomic E-state index is 14.6. The van der Waals surface area contributed by atoms with E-state index in [1.807, 2.05) is 12.1 Å². The number of nitrogens with one attached hydrogen (secondary N) is 1. The van der Waals surface area contributed by atoms with Gasteiger partial charge >= 0.3 is 5.97 Å². The largest absolute Gasteiger partial charge is 0.465 e. The number of methoxy groups -OCH3 is 1. The molecule has 0 radical (unpaired) electrons. The van der Waals surface area contributed by atoms with Crippen LogP contribution in [-0.2, 0) is 19.4 Å². The van der Waals surface area contributed by atoms with Crippen LogP contribution in [0.15, 0.2) is 30.3 Å². The molecule has 7 nitrogen and oxygen atoms in total. The molecule has 6 aliphatic rings. The molecule has 300 valence electrons. The number of hydrogen-bond donors (Lipinski definition) is 1. The van der Waals surface area contributed by atoms with Crippen molar-refractivity contribution < 1.29 is 22.7 Å². The molecule has 1 aromatic rings. The van der Waals surface area contributed by atoms with Gasteiger partial charge in [-0.25, -0.2) is 13.2 Å². The van der Waals surface area contributed by atoms with Gasteiger partial charge in [-0.15, -0.1) is 11.6 Å². The topological polar surface area (TPSA) is 92.8 Å². The molecule has 1 aliphatic heterocycles. The number of halogens is 1. The second kappa shape index (κ2) is 14.2. The Balaban J connectivity index is 1.13. The summed E-state index contributed by atoms with van der Waals surface area (Å²) in [7, 11) is -1.47. The SMILES string of the molecule is COC(=O)c1ccc(C2=CC(Cl)[C@]3(C)[C@H]4CC[C@@H]5[C@H]6[C@H](C(C)C)CC[C@]6(C(=O)NCCCN6CCS(=O)(=O)CC6)CC[C@@]5(C)[C@]4(C)CC[C@H]3C2(C)C)cc1. The van der Waals surface area contributed by atoms with E-state index in [1.165, 1.54) is 19.1 Å². The number of amides is 1. The summed E-state index contributed by atoms with van der Waals surface area (Å²) in [6.45, 7) is 20.1. The molecule has 9 heteroatoms. The lowest BCUT2D eigenvalue weighted by atomic mass is 9.32. The fourth-order valence-electron chi connectivity index (χ4n) is 14.3. The fraction of sp³-hybridized carbons (Fsp3) is 0.778. The molecule has 1 saturated heterocycles. The number of nitrogens with zero attached hydrogens (tertiary/aromatic N) is 1. The van der Waals surface area contributed by atoms with Gasteiger partial charge in [-0.1, -0.05) is 66.7 Å². The highest BCUT2D eigenvalue weighted by atomic mass is 35.5. The molecule has 0 spiro atoms. The summed E-state index contributed by atoms with van der Waals surface area (Å²) in [4.78, 5) is 29.0. The van der Waals surface area contributed by atoms with Gasteiger partial charge in [0.15, 0.2) is 9.84 Å². The van der Waals surface area contributed by atoms with Gasteiger partial charge in [0.05, 0.1) is 35.0 Å². The Labute approximate surface area is 331 Å². The Hall–Kier alpha value is -1.90. The molecule has 1 N–H and O–H groups in total. The Morgan fingerprint density at radius 3 is 2.24 bits per heavy atom.